The van der Waals surface area contributed by atoms with Crippen molar-refractivity contribution < 1.29 is 9.90 Å². The molecule has 0 aromatic carbocycles. The van der Waals surface area contributed by atoms with Crippen LogP contribution in [0.5, 0.6) is 0 Å². The highest BCUT2D eigenvalue weighted by molar-refractivity contribution is 5.80. The fraction of sp³-hybridized carbons (Fsp3) is 0.667. The maximum Gasteiger partial charge on any atom is 0.244 e. The molecule has 2 atom stereocenters. The van der Waals surface area contributed by atoms with Crippen molar-refractivity contribution in [2.24, 2.45) is 5.92 Å². The molecule has 0 saturated heterocycles. The summed E-state index contributed by atoms with van der Waals surface area (Å²) in [5.41, 5.74) is 0. The summed E-state index contributed by atoms with van der Waals surface area (Å²) < 4.78 is 1.60. The van der Waals surface area contributed by atoms with Crippen molar-refractivity contribution in [2.75, 3.05) is 6.61 Å². The zero-order valence-corrected chi connectivity index (χ0v) is 10.6. The fourth-order valence-electron chi connectivity index (χ4n) is 1.70. The number of aliphatic hydroxyl groups is 1. The normalized spacial score (nSPS) is 14.6. The first kappa shape index (κ1) is 13.7. The van der Waals surface area contributed by atoms with Crippen molar-refractivity contribution in [1.82, 2.24) is 15.1 Å². The summed E-state index contributed by atoms with van der Waals surface area (Å²) in [4.78, 5) is 11.9. The Labute approximate surface area is 102 Å². The van der Waals surface area contributed by atoms with Crippen LogP contribution in [0.1, 0.15) is 33.2 Å². The van der Waals surface area contributed by atoms with E-state index in [1.54, 1.807) is 30.1 Å². The zero-order valence-electron chi connectivity index (χ0n) is 10.6. The van der Waals surface area contributed by atoms with Crippen LogP contribution in [-0.4, -0.2) is 33.4 Å². The van der Waals surface area contributed by atoms with Gasteiger partial charge in [0.05, 0.1) is 12.6 Å². The number of carbonyl (C=O) groups is 1. The van der Waals surface area contributed by atoms with Gasteiger partial charge in [0.1, 0.15) is 6.04 Å². The summed E-state index contributed by atoms with van der Waals surface area (Å²) in [6.45, 7) is 5.87. The third-order valence-corrected chi connectivity index (χ3v) is 2.62. The van der Waals surface area contributed by atoms with Crippen LogP contribution in [0.3, 0.4) is 0 Å². The molecular formula is C12H21N3O2. The molecule has 5 heteroatoms. The number of aromatic nitrogens is 2. The topological polar surface area (TPSA) is 67.2 Å². The molecule has 0 radical (unpaired) electrons. The quantitative estimate of drug-likeness (QED) is 0.777. The van der Waals surface area contributed by atoms with Crippen LogP contribution < -0.4 is 5.32 Å². The second-order valence-electron chi connectivity index (χ2n) is 4.68. The molecule has 1 rings (SSSR count). The molecule has 0 spiro atoms. The molecule has 1 heterocycles. The van der Waals surface area contributed by atoms with Crippen LogP contribution in [0.2, 0.25) is 0 Å². The highest BCUT2D eigenvalue weighted by atomic mass is 16.3. The minimum absolute atomic E-state index is 0.0320. The molecule has 0 fully saturated rings. The Balaban J connectivity index is 2.52. The molecule has 96 valence electrons. The van der Waals surface area contributed by atoms with Gasteiger partial charge in [-0.05, 0) is 25.3 Å². The summed E-state index contributed by atoms with van der Waals surface area (Å²) in [6, 6.07) is 1.24. The van der Waals surface area contributed by atoms with Crippen molar-refractivity contribution in [3.63, 3.8) is 0 Å². The molecule has 0 aliphatic rings. The summed E-state index contributed by atoms with van der Waals surface area (Å²) in [6.07, 6.45) is 4.16. The Bertz CT molecular complexity index is 336. The van der Waals surface area contributed by atoms with Crippen molar-refractivity contribution in [3.05, 3.63) is 18.5 Å². The van der Waals surface area contributed by atoms with Gasteiger partial charge in [-0.15, -0.1) is 0 Å². The van der Waals surface area contributed by atoms with E-state index in [9.17, 15) is 9.90 Å². The number of hydrogen-bond acceptors (Lipinski definition) is 3. The van der Waals surface area contributed by atoms with Gasteiger partial charge >= 0.3 is 0 Å². The monoisotopic (exact) mass is 239 g/mol. The van der Waals surface area contributed by atoms with E-state index in [-0.39, 0.29) is 24.6 Å². The lowest BCUT2D eigenvalue weighted by molar-refractivity contribution is -0.125. The average Bonchev–Trinajstić information content (AvgIpc) is 2.79. The molecule has 2 N–H and O–H groups in total. The maximum absolute atomic E-state index is 11.9. The molecule has 0 bridgehead atoms. The Morgan fingerprint density at radius 1 is 1.47 bits per heavy atom. The van der Waals surface area contributed by atoms with E-state index in [2.05, 4.69) is 24.3 Å². The fourth-order valence-corrected chi connectivity index (χ4v) is 1.70. The van der Waals surface area contributed by atoms with Crippen molar-refractivity contribution in [2.45, 2.75) is 39.3 Å². The van der Waals surface area contributed by atoms with Gasteiger partial charge < -0.3 is 10.4 Å². The molecular weight excluding hydrogens is 218 g/mol. The van der Waals surface area contributed by atoms with Crippen LogP contribution >= 0.6 is 0 Å². The van der Waals surface area contributed by atoms with Crippen LogP contribution in [0.25, 0.3) is 0 Å². The summed E-state index contributed by atoms with van der Waals surface area (Å²) in [5, 5.41) is 16.1. The van der Waals surface area contributed by atoms with Gasteiger partial charge in [0.15, 0.2) is 0 Å². The second kappa shape index (κ2) is 6.39. The van der Waals surface area contributed by atoms with E-state index in [0.717, 1.165) is 6.42 Å². The summed E-state index contributed by atoms with van der Waals surface area (Å²) in [5.74, 6) is 0.320. The van der Waals surface area contributed by atoms with E-state index in [1.807, 2.05) is 0 Å². The molecule has 0 aliphatic heterocycles. The van der Waals surface area contributed by atoms with Crippen LogP contribution in [0, 0.1) is 5.92 Å². The number of hydrogen-bond donors (Lipinski definition) is 2. The molecule has 17 heavy (non-hydrogen) atoms. The molecule has 2 unspecified atom stereocenters. The number of rotatable bonds is 6. The Kier molecular flexibility index (Phi) is 5.15. The van der Waals surface area contributed by atoms with Crippen LogP contribution in [0.4, 0.5) is 0 Å². The third kappa shape index (κ3) is 4.19. The lowest BCUT2D eigenvalue weighted by atomic mass is 10.0. The predicted octanol–water partition coefficient (Wildman–Crippen LogP) is 0.967. The second-order valence-corrected chi connectivity index (χ2v) is 4.68. The Morgan fingerprint density at radius 2 is 2.18 bits per heavy atom. The number of amides is 1. The first-order valence-electron chi connectivity index (χ1n) is 5.95. The SMILES string of the molecule is CC(C)CC(CO)NC(=O)C(C)n1cccn1. The molecule has 1 amide bonds. The number of nitrogens with one attached hydrogen (secondary N) is 1. The smallest absolute Gasteiger partial charge is 0.244 e. The van der Waals surface area contributed by atoms with E-state index in [1.165, 1.54) is 0 Å². The van der Waals surface area contributed by atoms with Gasteiger partial charge in [-0.25, -0.2) is 0 Å². The molecule has 0 saturated carbocycles. The van der Waals surface area contributed by atoms with E-state index >= 15 is 0 Å². The highest BCUT2D eigenvalue weighted by Crippen LogP contribution is 2.07. The van der Waals surface area contributed by atoms with Crippen molar-refractivity contribution in [1.29, 1.82) is 0 Å². The van der Waals surface area contributed by atoms with E-state index in [0.29, 0.717) is 5.92 Å². The first-order chi connectivity index (χ1) is 8.04. The van der Waals surface area contributed by atoms with Gasteiger partial charge in [-0.1, -0.05) is 13.8 Å². The minimum Gasteiger partial charge on any atom is -0.394 e. The van der Waals surface area contributed by atoms with Gasteiger partial charge in [-0.3, -0.25) is 9.48 Å². The average molecular weight is 239 g/mol. The highest BCUT2D eigenvalue weighted by Gasteiger charge is 2.19. The van der Waals surface area contributed by atoms with Crippen LogP contribution in [-0.2, 0) is 4.79 Å². The lowest BCUT2D eigenvalue weighted by Crippen LogP contribution is -2.41. The maximum atomic E-state index is 11.9. The van der Waals surface area contributed by atoms with E-state index in [4.69, 9.17) is 0 Å². The third-order valence-electron chi connectivity index (χ3n) is 2.62. The zero-order chi connectivity index (χ0) is 12.8. The molecule has 1 aromatic heterocycles. The van der Waals surface area contributed by atoms with Gasteiger partial charge in [0.2, 0.25) is 5.91 Å². The summed E-state index contributed by atoms with van der Waals surface area (Å²) in [7, 11) is 0. The Hall–Kier alpha value is -1.36. The first-order valence-corrected chi connectivity index (χ1v) is 5.95. The lowest BCUT2D eigenvalue weighted by Gasteiger charge is -2.20. The van der Waals surface area contributed by atoms with Gasteiger partial charge in [0, 0.05) is 12.4 Å². The number of aliphatic hydroxyl groups excluding tert-OH is 1. The standard InChI is InChI=1S/C12H21N3O2/c1-9(2)7-11(8-16)14-12(17)10(3)15-6-4-5-13-15/h4-6,9-11,16H,7-8H2,1-3H3,(H,14,17). The number of carbonyl (C=O) groups excluding carboxylic acids is 1. The van der Waals surface area contributed by atoms with Gasteiger partial charge in [-0.2, -0.15) is 5.10 Å². The Morgan fingerprint density at radius 3 is 2.65 bits per heavy atom. The molecule has 0 aliphatic carbocycles. The largest absolute Gasteiger partial charge is 0.394 e. The van der Waals surface area contributed by atoms with Crippen LogP contribution in [0.15, 0.2) is 18.5 Å². The number of nitrogens with zero attached hydrogens (tertiary/aromatic N) is 2. The summed E-state index contributed by atoms with van der Waals surface area (Å²) >= 11 is 0. The van der Waals surface area contributed by atoms with Gasteiger partial charge in [0.25, 0.3) is 0 Å². The molecule has 5 nitrogen and oxygen atoms in total. The molecule has 1 aromatic rings. The minimum atomic E-state index is -0.355. The van der Waals surface area contributed by atoms with Crippen molar-refractivity contribution in [3.8, 4) is 0 Å². The van der Waals surface area contributed by atoms with E-state index < -0.39 is 0 Å². The van der Waals surface area contributed by atoms with Crippen molar-refractivity contribution >= 4 is 5.91 Å². The predicted molar refractivity (Wildman–Crippen MR) is 65.4 cm³/mol.